The molecule has 0 saturated carbocycles. The van der Waals surface area contributed by atoms with Crippen molar-refractivity contribution < 1.29 is 0 Å². The summed E-state index contributed by atoms with van der Waals surface area (Å²) < 4.78 is 12.1. The zero-order chi connectivity index (χ0) is 75.5. The van der Waals surface area contributed by atoms with Crippen LogP contribution in [0.1, 0.15) is 11.1 Å². The fourth-order valence-corrected chi connectivity index (χ4v) is 21.2. The van der Waals surface area contributed by atoms with E-state index in [4.69, 9.17) is 31.5 Å². The smallest absolute Gasteiger partial charge is 0.165 e. The van der Waals surface area contributed by atoms with Crippen LogP contribution in [-0.2, 0) is 6.42 Å². The molecule has 0 bridgehead atoms. The molecule has 1 aliphatic carbocycles. The van der Waals surface area contributed by atoms with Crippen molar-refractivity contribution in [3.63, 3.8) is 0 Å². The van der Waals surface area contributed by atoms with Crippen LogP contribution in [0.15, 0.2) is 364 Å². The minimum atomic E-state index is 0.688. The average molecular weight is 1520 g/mol. The van der Waals surface area contributed by atoms with Crippen LogP contribution in [-0.4, -0.2) is 33.6 Å². The van der Waals surface area contributed by atoms with Gasteiger partial charge in [0.2, 0.25) is 0 Å². The van der Waals surface area contributed by atoms with Crippen molar-refractivity contribution in [3.8, 4) is 51.0 Å². The molecule has 25 aromatic rings. The van der Waals surface area contributed by atoms with Gasteiger partial charge in [-0.3, -0.25) is 9.13 Å². The van der Waals surface area contributed by atoms with Crippen molar-refractivity contribution in [2.45, 2.75) is 6.42 Å². The first-order valence-electron chi connectivity index (χ1n) is 38.9. The first kappa shape index (κ1) is 65.5. The van der Waals surface area contributed by atoms with E-state index in [1.54, 1.807) is 0 Å². The topological polar surface area (TPSA) is 66.3 Å². The van der Waals surface area contributed by atoms with E-state index in [1.807, 2.05) is 59.1 Å². The van der Waals surface area contributed by atoms with Gasteiger partial charge in [-0.2, -0.15) is 0 Å². The first-order valence-corrected chi connectivity index (χ1v) is 40.9. The lowest BCUT2D eigenvalue weighted by molar-refractivity contribution is 1.08. The second kappa shape index (κ2) is 25.9. The number of rotatable bonds is 5. The maximum atomic E-state index is 6.65. The van der Waals surface area contributed by atoms with E-state index < -0.39 is 0 Å². The number of thiophene rings is 2. The van der Waals surface area contributed by atoms with E-state index >= 15 is 0 Å². The quantitative estimate of drug-likeness (QED) is 0.172. The molecule has 0 saturated heterocycles. The van der Waals surface area contributed by atoms with Gasteiger partial charge in [-0.25, -0.2) is 19.9 Å². The average Bonchev–Trinajstić information content (AvgIpc) is 1.57. The van der Waals surface area contributed by atoms with Crippen LogP contribution in [0.4, 0.5) is 0 Å². The van der Waals surface area contributed by atoms with E-state index in [2.05, 4.69) is 341 Å². The van der Waals surface area contributed by atoms with Crippen molar-refractivity contribution in [1.82, 2.24) is 33.6 Å². The summed E-state index contributed by atoms with van der Waals surface area (Å²) in [7, 11) is 0. The Morgan fingerprint density at radius 1 is 0.261 bits per heavy atom. The van der Waals surface area contributed by atoms with Crippen molar-refractivity contribution in [1.29, 1.82) is 0 Å². The molecule has 0 unspecified atom stereocenters. The molecule has 26 rings (SSSR count). The number of aromatic nitrogens is 7. The van der Waals surface area contributed by atoms with Gasteiger partial charge in [0.15, 0.2) is 11.6 Å². The van der Waals surface area contributed by atoms with Crippen LogP contribution in [0.5, 0.6) is 0 Å². The van der Waals surface area contributed by atoms with Crippen LogP contribution >= 0.6 is 34.3 Å². The van der Waals surface area contributed by atoms with Crippen LogP contribution in [0.25, 0.3) is 222 Å². The van der Waals surface area contributed by atoms with E-state index in [1.165, 1.54) is 144 Å². The third-order valence-corrected chi connectivity index (χ3v) is 26.3. The van der Waals surface area contributed by atoms with Gasteiger partial charge in [-0.05, 0) is 145 Å². The van der Waals surface area contributed by atoms with E-state index in [0.29, 0.717) is 5.02 Å². The van der Waals surface area contributed by atoms with Crippen LogP contribution in [0.3, 0.4) is 0 Å². The molecule has 0 atom stereocenters. The second-order valence-corrected chi connectivity index (χ2v) is 32.4. The van der Waals surface area contributed by atoms with Gasteiger partial charge >= 0.3 is 0 Å². The number of benzene rings is 18. The number of hydrogen-bond donors (Lipinski definition) is 0. The molecule has 0 N–H and O–H groups in total. The molecule has 0 spiro atoms. The Hall–Kier alpha value is -14.2. The third-order valence-electron chi connectivity index (χ3n) is 23.6. The third kappa shape index (κ3) is 10.2. The largest absolute Gasteiger partial charge is 0.309 e. The standard InChI is InChI=1S/C52H30N4S.C36H20ClN3S.C17H12/c1-3-14-34-31(12-1)25-29-45-48(34)40-28-26-33(55-44-22-9-5-16-36(44)38-27-24-32-13-2-4-15-35(32)50(38)55)30-46(40)56(45)52-49(53-42-20-7-8-21-43(42)54-52)41-19-11-18-39-37-17-6-10-23-47(37)57-51(39)41;37-22-17-18-26-31(20-22)40(30-19-16-21-8-1-2-9-23(21)33(26)30)36-34(38-28-13-4-5-14-29(28)39-36)27-12-7-11-25-24-10-3-6-15-32(24)41-35(25)27;1-3-7-14-12(5-1)9-10-16-15-8-4-2-6-13(15)11-17(14)16/h1-30H;1-20H;1-10H,11H2. The van der Waals surface area contributed by atoms with Gasteiger partial charge in [0, 0.05) is 99.9 Å². The lowest BCUT2D eigenvalue weighted by Crippen LogP contribution is -2.04. The van der Waals surface area contributed by atoms with Crippen molar-refractivity contribution in [3.05, 3.63) is 380 Å². The van der Waals surface area contributed by atoms with Gasteiger partial charge in [0.05, 0.1) is 55.2 Å². The maximum absolute atomic E-state index is 6.65. The Bertz CT molecular complexity index is 8450. The minimum absolute atomic E-state index is 0.688. The van der Waals surface area contributed by atoms with Crippen LogP contribution < -0.4 is 0 Å². The van der Waals surface area contributed by atoms with E-state index in [0.717, 1.165) is 95.8 Å². The highest BCUT2D eigenvalue weighted by Crippen LogP contribution is 2.49. The SMILES string of the molecule is Clc1ccc2c3c4ccccc4ccc3n(-c3nc4ccccc4nc3-c3cccc4c3sc3ccccc34)c2c1.c1ccc2c(c1)Cc1c-2ccc2ccccc12.c1ccc2c(c1)ccc1c2c2ccc(-n3c4ccccc4c4ccc5ccccc5c43)cc2n1-c1nc2ccccc2nc1-c1cccc2c1sc1ccccc12. The van der Waals surface area contributed by atoms with Crippen LogP contribution in [0, 0.1) is 0 Å². The minimum Gasteiger partial charge on any atom is -0.309 e. The molecule has 18 aromatic carbocycles. The number of nitrogens with zero attached hydrogens (tertiary/aromatic N) is 7. The van der Waals surface area contributed by atoms with Gasteiger partial charge in [0.1, 0.15) is 11.4 Å². The number of para-hydroxylation sites is 5. The summed E-state index contributed by atoms with van der Waals surface area (Å²) in [5.74, 6) is 1.62. The molecule has 0 radical (unpaired) electrons. The Morgan fingerprint density at radius 2 is 0.687 bits per heavy atom. The number of fused-ring (bicyclic) bond motifs is 28. The summed E-state index contributed by atoms with van der Waals surface area (Å²) in [6.07, 6.45) is 1.08. The molecule has 7 aromatic heterocycles. The molecule has 0 fully saturated rings. The summed E-state index contributed by atoms with van der Waals surface area (Å²) in [5, 5.41) is 22.9. The normalized spacial score (nSPS) is 12.2. The van der Waals surface area contributed by atoms with E-state index in [9.17, 15) is 0 Å². The summed E-state index contributed by atoms with van der Waals surface area (Å²) in [6.45, 7) is 0. The number of hydrogen-bond acceptors (Lipinski definition) is 6. The lowest BCUT2D eigenvalue weighted by atomic mass is 9.99. The first-order chi connectivity index (χ1) is 57.0. The highest BCUT2D eigenvalue weighted by molar-refractivity contribution is 7.26. The Labute approximate surface area is 671 Å². The Balaban J connectivity index is 0.000000113. The predicted molar refractivity (Wildman–Crippen MR) is 488 cm³/mol. The zero-order valence-corrected chi connectivity index (χ0v) is 64.1. The van der Waals surface area contributed by atoms with Crippen molar-refractivity contribution in [2.75, 3.05) is 0 Å². The molecule has 7 heterocycles. The number of halogens is 1. The molecule has 1 aliphatic rings. The summed E-state index contributed by atoms with van der Waals surface area (Å²) in [5.41, 5.74) is 20.9. The molecule has 0 aliphatic heterocycles. The fraction of sp³-hybridized carbons (Fsp3) is 0.00952. The molecule has 536 valence electrons. The highest BCUT2D eigenvalue weighted by Gasteiger charge is 2.28. The highest BCUT2D eigenvalue weighted by atomic mass is 35.5. The molecular weight excluding hydrogens is 1460 g/mol. The van der Waals surface area contributed by atoms with Gasteiger partial charge in [-0.1, -0.05) is 297 Å². The molecule has 7 nitrogen and oxygen atoms in total. The lowest BCUT2D eigenvalue weighted by Gasteiger charge is -2.15. The molecular formula is C105H62ClN7S2. The monoisotopic (exact) mass is 1520 g/mol. The predicted octanol–water partition coefficient (Wildman–Crippen LogP) is 29.1. The van der Waals surface area contributed by atoms with Gasteiger partial charge in [0.25, 0.3) is 0 Å². The molecule has 115 heavy (non-hydrogen) atoms. The summed E-state index contributed by atoms with van der Waals surface area (Å²) in [4.78, 5) is 21.7. The van der Waals surface area contributed by atoms with Crippen LogP contribution in [0.2, 0.25) is 5.02 Å². The van der Waals surface area contributed by atoms with Gasteiger partial charge < -0.3 is 4.57 Å². The Morgan fingerprint density at radius 3 is 1.29 bits per heavy atom. The second-order valence-electron chi connectivity index (χ2n) is 29.9. The van der Waals surface area contributed by atoms with Crippen molar-refractivity contribution in [2.24, 2.45) is 0 Å². The summed E-state index contributed by atoms with van der Waals surface area (Å²) >= 11 is 10.3. The molecule has 10 heteroatoms. The fourth-order valence-electron chi connectivity index (χ4n) is 18.6. The Kier molecular flexibility index (Phi) is 14.8. The summed E-state index contributed by atoms with van der Waals surface area (Å²) in [6, 6.07) is 130. The van der Waals surface area contributed by atoms with E-state index in [-0.39, 0.29) is 0 Å². The van der Waals surface area contributed by atoms with Crippen molar-refractivity contribution >= 4 is 205 Å². The van der Waals surface area contributed by atoms with Gasteiger partial charge in [-0.15, -0.1) is 22.7 Å². The zero-order valence-electron chi connectivity index (χ0n) is 61.7. The maximum Gasteiger partial charge on any atom is 0.165 e. The molecule has 0 amide bonds.